The number of hydrogen-bond donors (Lipinski definition) is 1. The number of furan rings is 1. The SMILES string of the molecule is C=CCOc1cccc2c1cc(C(=O)NCc1ccco1)n2C[C@@H]1CCCCO1. The molecule has 6 heteroatoms. The van der Waals surface area contributed by atoms with Crippen molar-refractivity contribution in [1.29, 1.82) is 0 Å². The van der Waals surface area contributed by atoms with Crippen LogP contribution in [0.4, 0.5) is 0 Å². The molecule has 0 spiro atoms. The van der Waals surface area contributed by atoms with Crippen LogP contribution in [0, 0.1) is 0 Å². The zero-order valence-electron chi connectivity index (χ0n) is 16.4. The molecule has 1 saturated heterocycles. The van der Waals surface area contributed by atoms with E-state index in [9.17, 15) is 4.79 Å². The fraction of sp³-hybridized carbons (Fsp3) is 0.348. The van der Waals surface area contributed by atoms with Crippen molar-refractivity contribution in [3.8, 4) is 5.75 Å². The Hall–Kier alpha value is -2.99. The molecule has 2 aromatic heterocycles. The van der Waals surface area contributed by atoms with Gasteiger partial charge < -0.3 is 23.8 Å². The first-order chi connectivity index (χ1) is 14.3. The summed E-state index contributed by atoms with van der Waals surface area (Å²) in [6.45, 7) is 5.88. The van der Waals surface area contributed by atoms with E-state index in [0.29, 0.717) is 31.2 Å². The molecule has 1 N–H and O–H groups in total. The number of nitrogens with zero attached hydrogens (tertiary/aromatic N) is 1. The lowest BCUT2D eigenvalue weighted by Crippen LogP contribution is -2.29. The van der Waals surface area contributed by atoms with E-state index in [4.69, 9.17) is 13.9 Å². The van der Waals surface area contributed by atoms with E-state index in [1.54, 1.807) is 12.3 Å². The largest absolute Gasteiger partial charge is 0.489 e. The van der Waals surface area contributed by atoms with Crippen molar-refractivity contribution in [2.75, 3.05) is 13.2 Å². The first-order valence-corrected chi connectivity index (χ1v) is 10.0. The van der Waals surface area contributed by atoms with Gasteiger partial charge in [0.1, 0.15) is 23.8 Å². The molecule has 0 aliphatic carbocycles. The van der Waals surface area contributed by atoms with Crippen LogP contribution in [0.1, 0.15) is 35.5 Å². The van der Waals surface area contributed by atoms with Crippen molar-refractivity contribution in [3.05, 3.63) is 66.8 Å². The van der Waals surface area contributed by atoms with E-state index >= 15 is 0 Å². The van der Waals surface area contributed by atoms with Crippen LogP contribution in [0.3, 0.4) is 0 Å². The Bertz CT molecular complexity index is 968. The van der Waals surface area contributed by atoms with Gasteiger partial charge in [-0.1, -0.05) is 18.7 Å². The summed E-state index contributed by atoms with van der Waals surface area (Å²) in [5.74, 6) is 1.31. The van der Waals surface area contributed by atoms with Gasteiger partial charge in [-0.2, -0.15) is 0 Å². The zero-order chi connectivity index (χ0) is 20.1. The molecule has 6 nitrogen and oxygen atoms in total. The van der Waals surface area contributed by atoms with Gasteiger partial charge in [-0.15, -0.1) is 0 Å². The molecular formula is C23H26N2O4. The minimum Gasteiger partial charge on any atom is -0.489 e. The van der Waals surface area contributed by atoms with Gasteiger partial charge in [0.25, 0.3) is 5.91 Å². The first-order valence-electron chi connectivity index (χ1n) is 10.0. The van der Waals surface area contributed by atoms with Crippen LogP contribution in [-0.4, -0.2) is 29.8 Å². The van der Waals surface area contributed by atoms with Crippen molar-refractivity contribution in [3.63, 3.8) is 0 Å². The maximum Gasteiger partial charge on any atom is 0.268 e. The van der Waals surface area contributed by atoms with Crippen LogP contribution in [0.5, 0.6) is 5.75 Å². The molecule has 0 unspecified atom stereocenters. The van der Waals surface area contributed by atoms with Gasteiger partial charge in [0.15, 0.2) is 0 Å². The van der Waals surface area contributed by atoms with Gasteiger partial charge >= 0.3 is 0 Å². The number of ether oxygens (including phenoxy) is 2. The highest BCUT2D eigenvalue weighted by molar-refractivity contribution is 6.00. The Morgan fingerprint density at radius 2 is 2.24 bits per heavy atom. The van der Waals surface area contributed by atoms with Crippen LogP contribution >= 0.6 is 0 Å². The van der Waals surface area contributed by atoms with Gasteiger partial charge in [-0.05, 0) is 49.6 Å². The van der Waals surface area contributed by atoms with Gasteiger partial charge in [-0.3, -0.25) is 4.79 Å². The van der Waals surface area contributed by atoms with E-state index in [1.807, 2.05) is 41.0 Å². The quantitative estimate of drug-likeness (QED) is 0.579. The third kappa shape index (κ3) is 4.38. The second-order valence-electron chi connectivity index (χ2n) is 7.18. The highest BCUT2D eigenvalue weighted by Crippen LogP contribution is 2.30. The summed E-state index contributed by atoms with van der Waals surface area (Å²) in [4.78, 5) is 13.0. The van der Waals surface area contributed by atoms with E-state index in [1.165, 1.54) is 0 Å². The lowest BCUT2D eigenvalue weighted by Gasteiger charge is -2.24. The molecule has 1 aliphatic rings. The molecule has 1 aliphatic heterocycles. The summed E-state index contributed by atoms with van der Waals surface area (Å²) in [5.41, 5.74) is 1.55. The summed E-state index contributed by atoms with van der Waals surface area (Å²) in [6.07, 6.45) is 6.66. The molecule has 1 amide bonds. The molecular weight excluding hydrogens is 368 g/mol. The molecule has 3 aromatic rings. The summed E-state index contributed by atoms with van der Waals surface area (Å²) in [6, 6.07) is 11.4. The van der Waals surface area contributed by atoms with E-state index in [0.717, 1.165) is 42.5 Å². The number of amides is 1. The maximum absolute atomic E-state index is 13.0. The third-order valence-corrected chi connectivity index (χ3v) is 5.16. The Labute approximate surface area is 170 Å². The zero-order valence-corrected chi connectivity index (χ0v) is 16.4. The fourth-order valence-corrected chi connectivity index (χ4v) is 3.74. The number of carbonyl (C=O) groups is 1. The Morgan fingerprint density at radius 1 is 1.31 bits per heavy atom. The predicted molar refractivity (Wildman–Crippen MR) is 111 cm³/mol. The fourth-order valence-electron chi connectivity index (χ4n) is 3.74. The number of hydrogen-bond acceptors (Lipinski definition) is 4. The van der Waals surface area contributed by atoms with E-state index in [-0.39, 0.29) is 12.0 Å². The second-order valence-corrected chi connectivity index (χ2v) is 7.18. The van der Waals surface area contributed by atoms with Gasteiger partial charge in [-0.25, -0.2) is 0 Å². The number of benzene rings is 1. The normalized spacial score (nSPS) is 16.6. The predicted octanol–water partition coefficient (Wildman–Crippen LogP) is 4.30. The molecule has 0 saturated carbocycles. The molecule has 29 heavy (non-hydrogen) atoms. The molecule has 4 rings (SSSR count). The summed E-state index contributed by atoms with van der Waals surface area (Å²) in [5, 5.41) is 3.86. The van der Waals surface area contributed by atoms with Crippen LogP contribution < -0.4 is 10.1 Å². The summed E-state index contributed by atoms with van der Waals surface area (Å²) in [7, 11) is 0. The molecule has 1 fully saturated rings. The molecule has 0 bridgehead atoms. The maximum atomic E-state index is 13.0. The van der Waals surface area contributed by atoms with Crippen molar-refractivity contribution >= 4 is 16.8 Å². The second kappa shape index (κ2) is 9.01. The number of nitrogens with one attached hydrogen (secondary N) is 1. The minimum atomic E-state index is -0.150. The van der Waals surface area contributed by atoms with Crippen LogP contribution in [-0.2, 0) is 17.8 Å². The van der Waals surface area contributed by atoms with Crippen molar-refractivity contribution in [2.45, 2.75) is 38.5 Å². The number of rotatable bonds is 8. The molecule has 3 heterocycles. The van der Waals surface area contributed by atoms with E-state index in [2.05, 4.69) is 11.9 Å². The average Bonchev–Trinajstić information content (AvgIpc) is 3.40. The van der Waals surface area contributed by atoms with Crippen LogP contribution in [0.15, 0.2) is 59.7 Å². The van der Waals surface area contributed by atoms with Crippen LogP contribution in [0.2, 0.25) is 0 Å². The van der Waals surface area contributed by atoms with Crippen molar-refractivity contribution in [2.24, 2.45) is 0 Å². The Kier molecular flexibility index (Phi) is 6.00. The first kappa shape index (κ1) is 19.3. The highest BCUT2D eigenvalue weighted by Gasteiger charge is 2.22. The van der Waals surface area contributed by atoms with Crippen LogP contribution in [0.25, 0.3) is 10.9 Å². The lowest BCUT2D eigenvalue weighted by molar-refractivity contribution is 0.00637. The number of aromatic nitrogens is 1. The standard InChI is InChI=1S/C23H26N2O4/c1-2-11-29-22-10-5-9-20-19(22)14-21(23(26)24-15-17-8-6-13-27-17)25(20)16-18-7-3-4-12-28-18/h2,5-6,8-10,13-14,18H,1,3-4,7,11-12,15-16H2,(H,24,26)/t18-/m0/s1. The lowest BCUT2D eigenvalue weighted by atomic mass is 10.1. The molecule has 152 valence electrons. The Morgan fingerprint density at radius 3 is 3.00 bits per heavy atom. The number of fused-ring (bicyclic) bond motifs is 1. The van der Waals surface area contributed by atoms with Gasteiger partial charge in [0, 0.05) is 18.5 Å². The van der Waals surface area contributed by atoms with E-state index < -0.39 is 0 Å². The van der Waals surface area contributed by atoms with Crippen molar-refractivity contribution < 1.29 is 18.7 Å². The summed E-state index contributed by atoms with van der Waals surface area (Å²) < 4.78 is 19.1. The third-order valence-electron chi connectivity index (χ3n) is 5.16. The topological polar surface area (TPSA) is 65.6 Å². The highest BCUT2D eigenvalue weighted by atomic mass is 16.5. The monoisotopic (exact) mass is 394 g/mol. The molecule has 0 radical (unpaired) electrons. The van der Waals surface area contributed by atoms with Gasteiger partial charge in [0.2, 0.25) is 0 Å². The van der Waals surface area contributed by atoms with Gasteiger partial charge in [0.05, 0.1) is 24.4 Å². The molecule has 1 aromatic carbocycles. The number of carbonyl (C=O) groups excluding carboxylic acids is 1. The smallest absolute Gasteiger partial charge is 0.268 e. The Balaban J connectivity index is 1.66. The molecule has 1 atom stereocenters. The summed E-state index contributed by atoms with van der Waals surface area (Å²) >= 11 is 0. The van der Waals surface area contributed by atoms with Crippen molar-refractivity contribution in [1.82, 2.24) is 9.88 Å². The average molecular weight is 394 g/mol. The minimum absolute atomic E-state index is 0.105.